The minimum absolute atomic E-state index is 0. The summed E-state index contributed by atoms with van der Waals surface area (Å²) in [5, 5.41) is 3.00. The van der Waals surface area contributed by atoms with Crippen molar-refractivity contribution in [3.8, 4) is 0 Å². The van der Waals surface area contributed by atoms with Crippen LogP contribution >= 0.6 is 12.4 Å². The molecule has 1 aliphatic rings. The number of ether oxygens (including phenoxy) is 1. The highest BCUT2D eigenvalue weighted by Crippen LogP contribution is 2.35. The Labute approximate surface area is 137 Å². The van der Waals surface area contributed by atoms with Gasteiger partial charge in [0.25, 0.3) is 0 Å². The average Bonchev–Trinajstić information content (AvgIpc) is 2.52. The Balaban J connectivity index is 0.00000242. The Hall–Kier alpha value is -1.17. The monoisotopic (exact) mass is 330 g/mol. The number of carbonyl (C=O) groups is 1. The summed E-state index contributed by atoms with van der Waals surface area (Å²) in [5.41, 5.74) is 5.72. The van der Waals surface area contributed by atoms with Gasteiger partial charge in [-0.3, -0.25) is 4.79 Å². The van der Waals surface area contributed by atoms with Gasteiger partial charge < -0.3 is 15.8 Å². The molecule has 0 radical (unpaired) electrons. The molecule has 0 spiro atoms. The summed E-state index contributed by atoms with van der Waals surface area (Å²) >= 11 is 0. The highest BCUT2D eigenvalue weighted by atomic mass is 35.5. The van der Waals surface area contributed by atoms with E-state index in [2.05, 4.69) is 5.32 Å². The molecule has 1 heterocycles. The molecule has 1 aromatic carbocycles. The first-order valence-corrected chi connectivity index (χ1v) is 7.51. The number of unbranched alkanes of at least 4 members (excludes halogenated alkanes) is 1. The van der Waals surface area contributed by atoms with Crippen LogP contribution in [0.5, 0.6) is 0 Å². The molecule has 0 aliphatic carbocycles. The lowest BCUT2D eigenvalue weighted by atomic mass is 9.73. The molecule has 4 nitrogen and oxygen atoms in total. The molecule has 1 saturated heterocycles. The second kappa shape index (κ2) is 9.08. The molecule has 22 heavy (non-hydrogen) atoms. The quantitative estimate of drug-likeness (QED) is 0.786. The summed E-state index contributed by atoms with van der Waals surface area (Å²) in [4.78, 5) is 12.7. The number of rotatable bonds is 6. The van der Waals surface area contributed by atoms with E-state index in [1.807, 2.05) is 0 Å². The smallest absolute Gasteiger partial charge is 0.230 e. The van der Waals surface area contributed by atoms with Gasteiger partial charge in [0.05, 0.1) is 5.41 Å². The first-order valence-electron chi connectivity index (χ1n) is 7.51. The molecule has 1 fully saturated rings. The number of amides is 1. The van der Waals surface area contributed by atoms with Crippen molar-refractivity contribution in [1.82, 2.24) is 5.32 Å². The van der Waals surface area contributed by atoms with Gasteiger partial charge in [-0.1, -0.05) is 12.1 Å². The minimum atomic E-state index is -0.603. The fourth-order valence-electron chi connectivity index (χ4n) is 2.78. The fraction of sp³-hybridized carbons (Fsp3) is 0.562. The number of hydrogen-bond acceptors (Lipinski definition) is 3. The summed E-state index contributed by atoms with van der Waals surface area (Å²) in [7, 11) is 0. The normalized spacial score (nSPS) is 16.6. The SMILES string of the molecule is Cl.NCCCCNC(=O)C1(c2ccc(F)cc2)CCOCC1. The summed E-state index contributed by atoms with van der Waals surface area (Å²) < 4.78 is 18.5. The van der Waals surface area contributed by atoms with Crippen molar-refractivity contribution < 1.29 is 13.9 Å². The van der Waals surface area contributed by atoms with Gasteiger partial charge in [-0.05, 0) is 49.9 Å². The Morgan fingerprint density at radius 1 is 1.23 bits per heavy atom. The summed E-state index contributed by atoms with van der Waals surface area (Å²) in [6, 6.07) is 6.24. The molecule has 2 rings (SSSR count). The number of carbonyl (C=O) groups excluding carboxylic acids is 1. The van der Waals surface area contributed by atoms with Gasteiger partial charge in [-0.15, -0.1) is 12.4 Å². The summed E-state index contributed by atoms with van der Waals surface area (Å²) in [5.74, 6) is -0.279. The number of nitrogens with two attached hydrogens (primary N) is 1. The van der Waals surface area contributed by atoms with Crippen LogP contribution in [0.15, 0.2) is 24.3 Å². The molecular weight excluding hydrogens is 307 g/mol. The number of hydrogen-bond donors (Lipinski definition) is 2. The molecule has 124 valence electrons. The van der Waals surface area contributed by atoms with Crippen molar-refractivity contribution in [3.05, 3.63) is 35.6 Å². The topological polar surface area (TPSA) is 64.3 Å². The second-order valence-corrected chi connectivity index (χ2v) is 5.45. The van der Waals surface area contributed by atoms with E-state index in [0.717, 1.165) is 18.4 Å². The lowest BCUT2D eigenvalue weighted by Gasteiger charge is -2.36. The zero-order valence-electron chi connectivity index (χ0n) is 12.6. The van der Waals surface area contributed by atoms with Gasteiger partial charge >= 0.3 is 0 Å². The van der Waals surface area contributed by atoms with Crippen LogP contribution in [0, 0.1) is 5.82 Å². The highest BCUT2D eigenvalue weighted by Gasteiger charge is 2.41. The number of benzene rings is 1. The molecule has 0 bridgehead atoms. The third kappa shape index (κ3) is 4.41. The van der Waals surface area contributed by atoms with Crippen LogP contribution in [0.1, 0.15) is 31.2 Å². The highest BCUT2D eigenvalue weighted by molar-refractivity contribution is 5.88. The lowest BCUT2D eigenvalue weighted by molar-refractivity contribution is -0.130. The van der Waals surface area contributed by atoms with Crippen LogP contribution < -0.4 is 11.1 Å². The average molecular weight is 331 g/mol. The van der Waals surface area contributed by atoms with Crippen LogP contribution in [0.25, 0.3) is 0 Å². The van der Waals surface area contributed by atoms with Crippen molar-refractivity contribution in [2.75, 3.05) is 26.3 Å². The van der Waals surface area contributed by atoms with E-state index in [1.165, 1.54) is 12.1 Å². The molecule has 3 N–H and O–H groups in total. The second-order valence-electron chi connectivity index (χ2n) is 5.45. The van der Waals surface area contributed by atoms with Crippen LogP contribution in [-0.2, 0) is 14.9 Å². The maximum Gasteiger partial charge on any atom is 0.230 e. The van der Waals surface area contributed by atoms with Crippen LogP contribution in [0.2, 0.25) is 0 Å². The molecule has 1 aromatic rings. The first-order chi connectivity index (χ1) is 10.2. The Kier molecular flexibility index (Phi) is 7.79. The molecule has 0 unspecified atom stereocenters. The lowest BCUT2D eigenvalue weighted by Crippen LogP contribution is -2.48. The summed E-state index contributed by atoms with van der Waals surface area (Å²) in [6.45, 7) is 2.36. The van der Waals surface area contributed by atoms with Crippen LogP contribution in [-0.4, -0.2) is 32.2 Å². The molecule has 6 heteroatoms. The molecular formula is C16H24ClFN2O2. The zero-order valence-corrected chi connectivity index (χ0v) is 13.5. The van der Waals surface area contributed by atoms with E-state index in [1.54, 1.807) is 12.1 Å². The van der Waals surface area contributed by atoms with Crippen molar-refractivity contribution >= 4 is 18.3 Å². The van der Waals surface area contributed by atoms with Gasteiger partial charge in [0.1, 0.15) is 5.82 Å². The minimum Gasteiger partial charge on any atom is -0.381 e. The van der Waals surface area contributed by atoms with Crippen LogP contribution in [0.4, 0.5) is 4.39 Å². The summed E-state index contributed by atoms with van der Waals surface area (Å²) in [6.07, 6.45) is 3.02. The third-order valence-electron chi connectivity index (χ3n) is 4.09. The predicted molar refractivity (Wildman–Crippen MR) is 86.7 cm³/mol. The Morgan fingerprint density at radius 3 is 2.45 bits per heavy atom. The zero-order chi connectivity index (χ0) is 15.1. The molecule has 1 amide bonds. The van der Waals surface area contributed by atoms with Crippen molar-refractivity contribution in [1.29, 1.82) is 0 Å². The molecule has 1 aliphatic heterocycles. The molecule has 0 saturated carbocycles. The van der Waals surface area contributed by atoms with Gasteiger partial charge in [-0.25, -0.2) is 4.39 Å². The molecule has 0 atom stereocenters. The molecule has 0 aromatic heterocycles. The Bertz CT molecular complexity index is 462. The maximum absolute atomic E-state index is 13.1. The van der Waals surface area contributed by atoms with Crippen molar-refractivity contribution in [2.24, 2.45) is 5.73 Å². The number of nitrogens with one attached hydrogen (secondary N) is 1. The number of halogens is 2. The fourth-order valence-corrected chi connectivity index (χ4v) is 2.78. The van der Waals surface area contributed by atoms with E-state index >= 15 is 0 Å². The predicted octanol–water partition coefficient (Wildman–Crippen LogP) is 2.15. The third-order valence-corrected chi connectivity index (χ3v) is 4.09. The van der Waals surface area contributed by atoms with Gasteiger partial charge in [0, 0.05) is 19.8 Å². The van der Waals surface area contributed by atoms with E-state index in [-0.39, 0.29) is 24.1 Å². The van der Waals surface area contributed by atoms with E-state index in [9.17, 15) is 9.18 Å². The van der Waals surface area contributed by atoms with Gasteiger partial charge in [0.15, 0.2) is 0 Å². The standard InChI is InChI=1S/C16H23FN2O2.ClH/c17-14-5-3-13(4-6-14)16(7-11-21-12-8-16)15(20)19-10-2-1-9-18;/h3-6H,1-2,7-12,18H2,(H,19,20);1H. The largest absolute Gasteiger partial charge is 0.381 e. The van der Waals surface area contributed by atoms with Crippen molar-refractivity contribution in [3.63, 3.8) is 0 Å². The Morgan fingerprint density at radius 2 is 1.86 bits per heavy atom. The first kappa shape index (κ1) is 18.9. The van der Waals surface area contributed by atoms with Crippen LogP contribution in [0.3, 0.4) is 0 Å². The van der Waals surface area contributed by atoms with E-state index in [0.29, 0.717) is 39.1 Å². The van der Waals surface area contributed by atoms with E-state index in [4.69, 9.17) is 10.5 Å². The van der Waals surface area contributed by atoms with Gasteiger partial charge in [-0.2, -0.15) is 0 Å². The van der Waals surface area contributed by atoms with Crippen molar-refractivity contribution in [2.45, 2.75) is 31.1 Å². The van der Waals surface area contributed by atoms with Gasteiger partial charge in [0.2, 0.25) is 5.91 Å². The van der Waals surface area contributed by atoms with E-state index < -0.39 is 5.41 Å². The maximum atomic E-state index is 13.1.